The molecule has 7 aromatic carbocycles. The van der Waals surface area contributed by atoms with Crippen LogP contribution in [0.1, 0.15) is 80.0 Å². The lowest BCUT2D eigenvalue weighted by Gasteiger charge is -2.61. The predicted molar refractivity (Wildman–Crippen MR) is 243 cm³/mol. The van der Waals surface area contributed by atoms with Gasteiger partial charge in [0.25, 0.3) is 0 Å². The van der Waals surface area contributed by atoms with Crippen LogP contribution in [0.15, 0.2) is 158 Å². The van der Waals surface area contributed by atoms with Crippen molar-refractivity contribution in [2.24, 2.45) is 23.7 Å². The van der Waals surface area contributed by atoms with Gasteiger partial charge >= 0.3 is 0 Å². The Hall–Kier alpha value is -5.86. The van der Waals surface area contributed by atoms with Gasteiger partial charge < -0.3 is 9.47 Å². The highest BCUT2D eigenvalue weighted by atomic mass is 15.1. The maximum absolute atomic E-state index is 2.68. The Morgan fingerprint density at radius 1 is 0.424 bits per heavy atom. The van der Waals surface area contributed by atoms with Crippen LogP contribution in [0, 0.1) is 23.7 Å². The van der Waals surface area contributed by atoms with E-state index in [4.69, 9.17) is 0 Å². The molecule has 0 amide bonds. The molecule has 59 heavy (non-hydrogen) atoms. The van der Waals surface area contributed by atoms with Gasteiger partial charge in [0.05, 0.1) is 11.0 Å². The zero-order valence-electron chi connectivity index (χ0n) is 33.6. The first-order valence-electron chi connectivity index (χ1n) is 22.6. The summed E-state index contributed by atoms with van der Waals surface area (Å²) in [6.45, 7) is 0. The monoisotopic (exact) mass is 760 g/mol. The molecule has 5 fully saturated rings. The minimum Gasteiger partial charge on any atom is -0.310 e. The van der Waals surface area contributed by atoms with Gasteiger partial charge in [0.1, 0.15) is 0 Å². The number of rotatable bonds is 4. The van der Waals surface area contributed by atoms with Crippen LogP contribution in [0.25, 0.3) is 49.7 Å². The Labute approximate surface area is 347 Å². The van der Waals surface area contributed by atoms with Crippen LogP contribution in [0.2, 0.25) is 0 Å². The van der Waals surface area contributed by atoms with Crippen LogP contribution in [0.3, 0.4) is 0 Å². The van der Waals surface area contributed by atoms with Crippen molar-refractivity contribution in [2.75, 3.05) is 4.90 Å². The molecule has 0 aliphatic heterocycles. The lowest BCUT2D eigenvalue weighted by Crippen LogP contribution is -2.55. The van der Waals surface area contributed by atoms with E-state index in [9.17, 15) is 0 Å². The molecular weight excluding hydrogens is 713 g/mol. The quantitative estimate of drug-likeness (QED) is 0.173. The van der Waals surface area contributed by atoms with Crippen LogP contribution >= 0.6 is 0 Å². The van der Waals surface area contributed by atoms with Gasteiger partial charge in [-0.15, -0.1) is 0 Å². The molecule has 1 heterocycles. The lowest BCUT2D eigenvalue weighted by molar-refractivity contribution is -0.0399. The molecule has 0 N–H and O–H groups in total. The summed E-state index contributed by atoms with van der Waals surface area (Å²) in [4.78, 5) is 2.63. The van der Waals surface area contributed by atoms with Gasteiger partial charge in [-0.1, -0.05) is 110 Å². The summed E-state index contributed by atoms with van der Waals surface area (Å²) < 4.78 is 2.44. The fraction of sp³-hybridized carbons (Fsp3) is 0.263. The number of nitrogens with zero attached hydrogens (tertiary/aromatic N) is 2. The first-order valence-corrected chi connectivity index (χ1v) is 22.6. The number of hydrogen-bond donors (Lipinski definition) is 0. The number of aromatic nitrogens is 1. The highest BCUT2D eigenvalue weighted by Crippen LogP contribution is 2.70. The molecule has 2 spiro atoms. The number of benzene rings is 7. The van der Waals surface area contributed by atoms with Gasteiger partial charge in [-0.3, -0.25) is 0 Å². The Morgan fingerprint density at radius 2 is 0.966 bits per heavy atom. The summed E-state index contributed by atoms with van der Waals surface area (Å²) in [6.07, 6.45) is 12.1. The third kappa shape index (κ3) is 4.27. The second kappa shape index (κ2) is 11.9. The maximum Gasteiger partial charge on any atom is 0.0542 e. The summed E-state index contributed by atoms with van der Waals surface area (Å²) in [5, 5.41) is 2.58. The molecule has 2 heteroatoms. The molecule has 286 valence electrons. The second-order valence-electron chi connectivity index (χ2n) is 19.2. The lowest BCUT2D eigenvalue weighted by atomic mass is 9.43. The van der Waals surface area contributed by atoms with E-state index in [1.807, 2.05) is 0 Å². The van der Waals surface area contributed by atoms with Gasteiger partial charge in [0.15, 0.2) is 0 Å². The van der Waals surface area contributed by atoms with E-state index in [2.05, 4.69) is 167 Å². The van der Waals surface area contributed by atoms with Crippen molar-refractivity contribution in [3.63, 3.8) is 0 Å². The topological polar surface area (TPSA) is 8.17 Å². The Kier molecular flexibility index (Phi) is 6.65. The van der Waals surface area contributed by atoms with Crippen LogP contribution in [0.5, 0.6) is 0 Å². The molecule has 15 rings (SSSR count). The Bertz CT molecular complexity index is 3000. The molecule has 1 aromatic heterocycles. The largest absolute Gasteiger partial charge is 0.310 e. The van der Waals surface area contributed by atoms with E-state index in [0.29, 0.717) is 0 Å². The smallest absolute Gasteiger partial charge is 0.0542 e. The molecule has 0 atom stereocenters. The van der Waals surface area contributed by atoms with E-state index < -0.39 is 0 Å². The normalized spacial score (nSPS) is 24.9. The molecule has 7 aliphatic rings. The third-order valence-electron chi connectivity index (χ3n) is 16.7. The second-order valence-corrected chi connectivity index (χ2v) is 19.2. The number of para-hydroxylation sites is 2. The predicted octanol–water partition coefficient (Wildman–Crippen LogP) is 14.8. The first kappa shape index (κ1) is 33.0. The van der Waals surface area contributed by atoms with Crippen molar-refractivity contribution < 1.29 is 0 Å². The minimum absolute atomic E-state index is 0.102. The Morgan fingerprint density at radius 3 is 1.71 bits per heavy atom. The van der Waals surface area contributed by atoms with Gasteiger partial charge in [0, 0.05) is 44.4 Å². The van der Waals surface area contributed by atoms with Gasteiger partial charge in [0.2, 0.25) is 0 Å². The van der Waals surface area contributed by atoms with Gasteiger partial charge in [-0.25, -0.2) is 0 Å². The van der Waals surface area contributed by atoms with Crippen molar-refractivity contribution in [3.05, 3.63) is 180 Å². The fourth-order valence-corrected chi connectivity index (χ4v) is 14.8. The van der Waals surface area contributed by atoms with Crippen LogP contribution in [-0.4, -0.2) is 4.57 Å². The SMILES string of the molecule is c1ccc(-n2c3ccccc3c3cc(N(c4ccc5c(c4)C4(CCCC4)c4ccccc4-5)c4ccc5c(c4)C4(c6ccccc6-5)C5CC6CC(C5)CC4C6)ccc32)cc1. The highest BCUT2D eigenvalue weighted by Gasteiger charge is 2.61. The molecule has 2 nitrogen and oxygen atoms in total. The van der Waals surface area contributed by atoms with Crippen LogP contribution in [-0.2, 0) is 10.8 Å². The van der Waals surface area contributed by atoms with Gasteiger partial charge in [-0.2, -0.15) is 0 Å². The molecule has 0 radical (unpaired) electrons. The third-order valence-corrected chi connectivity index (χ3v) is 16.7. The van der Waals surface area contributed by atoms with E-state index in [1.54, 1.807) is 16.7 Å². The number of hydrogen-bond acceptors (Lipinski definition) is 1. The van der Waals surface area contributed by atoms with Crippen LogP contribution < -0.4 is 4.90 Å². The van der Waals surface area contributed by atoms with E-state index in [1.165, 1.54) is 130 Å². The molecule has 8 aromatic rings. The molecule has 7 aliphatic carbocycles. The number of anilines is 3. The van der Waals surface area contributed by atoms with Crippen molar-refractivity contribution in [1.29, 1.82) is 0 Å². The van der Waals surface area contributed by atoms with Gasteiger partial charge in [-0.05, 0) is 174 Å². The maximum atomic E-state index is 2.68. The zero-order valence-corrected chi connectivity index (χ0v) is 33.6. The summed E-state index contributed by atoms with van der Waals surface area (Å²) in [5.74, 6) is 3.29. The average Bonchev–Trinajstić information content (AvgIpc) is 4.04. The van der Waals surface area contributed by atoms with Crippen LogP contribution in [0.4, 0.5) is 17.1 Å². The zero-order chi connectivity index (χ0) is 38.5. The fourth-order valence-electron chi connectivity index (χ4n) is 14.8. The van der Waals surface area contributed by atoms with Crippen molar-refractivity contribution >= 4 is 38.9 Å². The van der Waals surface area contributed by atoms with Crippen molar-refractivity contribution in [3.8, 4) is 27.9 Å². The van der Waals surface area contributed by atoms with E-state index in [0.717, 1.165) is 23.7 Å². The Balaban J connectivity index is 1.01. The van der Waals surface area contributed by atoms with Crippen molar-refractivity contribution in [2.45, 2.75) is 68.6 Å². The minimum atomic E-state index is 0.102. The van der Waals surface area contributed by atoms with E-state index >= 15 is 0 Å². The molecule has 0 saturated heterocycles. The van der Waals surface area contributed by atoms with E-state index in [-0.39, 0.29) is 10.8 Å². The number of fused-ring (bicyclic) bond motifs is 11. The summed E-state index contributed by atoms with van der Waals surface area (Å²) >= 11 is 0. The average molecular weight is 761 g/mol. The summed E-state index contributed by atoms with van der Waals surface area (Å²) in [5.41, 5.74) is 19.8. The summed E-state index contributed by atoms with van der Waals surface area (Å²) in [6, 6.07) is 61.1. The first-order chi connectivity index (χ1) is 29.2. The molecule has 4 bridgehead atoms. The molecule has 0 unspecified atom stereocenters. The van der Waals surface area contributed by atoms with Crippen molar-refractivity contribution in [1.82, 2.24) is 4.57 Å². The molecule has 5 saturated carbocycles. The highest BCUT2D eigenvalue weighted by molar-refractivity contribution is 6.10. The summed E-state index contributed by atoms with van der Waals surface area (Å²) in [7, 11) is 0. The standard InChI is InChI=1S/C57H48N2/c1-2-12-40(13-3-1)59-54-19-9-6-16-48(54)49-33-41(22-25-55(49)59)58(42-20-23-46-44-14-4-7-17-50(44)56(52(46)34-42)26-10-11-27-56)43-21-24-47-45-15-5-8-18-51(45)57(53(47)35-43)38-29-36-28-37(31-38)32-39(57)30-36/h1-9,12-25,33-39H,10-11,26-32H2. The molecular formula is C57H48N2.